The molecule has 2 N–H and O–H groups in total. The predicted molar refractivity (Wildman–Crippen MR) is 74.0 cm³/mol. The molecule has 0 aromatic rings. The van der Waals surface area contributed by atoms with Gasteiger partial charge in [0.05, 0.1) is 5.37 Å². The van der Waals surface area contributed by atoms with E-state index in [4.69, 9.17) is 4.74 Å². The Morgan fingerprint density at radius 1 is 1.65 bits per heavy atom. The number of carbonyl (C=O) groups is 3. The Kier molecular flexibility index (Phi) is 6.03. The maximum atomic E-state index is 11.4. The number of aliphatic carboxylic acids is 1. The summed E-state index contributed by atoms with van der Waals surface area (Å²) in [6.07, 6.45) is 0.502. The molecule has 0 aromatic heterocycles. The lowest BCUT2D eigenvalue weighted by atomic mass is 10.2. The fourth-order valence-corrected chi connectivity index (χ4v) is 3.18. The minimum Gasteiger partial charge on any atom is -0.477 e. The predicted octanol–water partition coefficient (Wildman–Crippen LogP) is 0.0274. The first-order chi connectivity index (χ1) is 9.42. The third kappa shape index (κ3) is 3.73. The number of nitrogens with zero attached hydrogens (tertiary/aromatic N) is 1. The maximum absolute atomic E-state index is 11.4. The molecule has 7 nitrogen and oxygen atoms in total. The van der Waals surface area contributed by atoms with E-state index in [2.05, 4.69) is 5.32 Å². The number of esters is 1. The molecule has 1 aliphatic rings. The van der Waals surface area contributed by atoms with E-state index >= 15 is 0 Å². The van der Waals surface area contributed by atoms with Gasteiger partial charge in [0.15, 0.2) is 0 Å². The summed E-state index contributed by atoms with van der Waals surface area (Å²) < 4.78 is 4.84. The highest BCUT2D eigenvalue weighted by atomic mass is 32.2. The van der Waals surface area contributed by atoms with Crippen LogP contribution in [0.15, 0.2) is 11.3 Å². The van der Waals surface area contributed by atoms with Gasteiger partial charge < -0.3 is 15.2 Å². The first kappa shape index (κ1) is 16.5. The molecule has 8 heteroatoms. The topological polar surface area (TPSA) is 95.9 Å². The van der Waals surface area contributed by atoms with E-state index < -0.39 is 11.9 Å². The number of carbonyl (C=O) groups excluding carboxylic acids is 2. The van der Waals surface area contributed by atoms with Crippen LogP contribution >= 0.6 is 11.8 Å². The average molecular weight is 302 g/mol. The Hall–Kier alpha value is -1.54. The Morgan fingerprint density at radius 3 is 2.75 bits per heavy atom. The largest absolute Gasteiger partial charge is 0.477 e. The second-order valence-corrected chi connectivity index (χ2v) is 5.43. The second-order valence-electron chi connectivity index (χ2n) is 4.33. The van der Waals surface area contributed by atoms with Crippen LogP contribution < -0.4 is 5.32 Å². The maximum Gasteiger partial charge on any atom is 0.352 e. The SMILES string of the molecule is CNC(C)C1SCC(COC(C)=O)=C(C(=O)O)N1C=O. The first-order valence-electron chi connectivity index (χ1n) is 6.03. The van der Waals surface area contributed by atoms with Crippen molar-refractivity contribution in [1.29, 1.82) is 0 Å². The number of hydrogen-bond donors (Lipinski definition) is 2. The summed E-state index contributed by atoms with van der Waals surface area (Å²) in [4.78, 5) is 34.7. The summed E-state index contributed by atoms with van der Waals surface area (Å²) in [6, 6.07) is -0.0742. The number of rotatable bonds is 6. The van der Waals surface area contributed by atoms with Crippen molar-refractivity contribution >= 4 is 30.1 Å². The molecular weight excluding hydrogens is 284 g/mol. The molecule has 0 aromatic carbocycles. The highest BCUT2D eigenvalue weighted by Crippen LogP contribution is 2.31. The van der Waals surface area contributed by atoms with Gasteiger partial charge in [-0.1, -0.05) is 0 Å². The lowest BCUT2D eigenvalue weighted by Gasteiger charge is -2.37. The van der Waals surface area contributed by atoms with Crippen molar-refractivity contribution in [3.05, 3.63) is 11.3 Å². The number of carboxylic acids is 1. The Bertz CT molecular complexity index is 438. The van der Waals surface area contributed by atoms with E-state index in [1.54, 1.807) is 7.05 Å². The molecule has 0 bridgehead atoms. The summed E-state index contributed by atoms with van der Waals surface area (Å²) in [7, 11) is 1.74. The lowest BCUT2D eigenvalue weighted by Crippen LogP contribution is -2.48. The summed E-state index contributed by atoms with van der Waals surface area (Å²) in [5.74, 6) is -1.29. The van der Waals surface area contributed by atoms with Gasteiger partial charge in [0.25, 0.3) is 0 Å². The van der Waals surface area contributed by atoms with Crippen LogP contribution in [0.3, 0.4) is 0 Å². The highest BCUT2D eigenvalue weighted by Gasteiger charge is 2.35. The number of ether oxygens (including phenoxy) is 1. The van der Waals surface area contributed by atoms with Crippen LogP contribution in [0.1, 0.15) is 13.8 Å². The summed E-state index contributed by atoms with van der Waals surface area (Å²) in [5, 5.41) is 12.0. The fraction of sp³-hybridized carbons (Fsp3) is 0.583. The molecule has 0 saturated carbocycles. The minimum atomic E-state index is -1.20. The molecule has 20 heavy (non-hydrogen) atoms. The number of thioether (sulfide) groups is 1. The van der Waals surface area contributed by atoms with Crippen molar-refractivity contribution in [2.24, 2.45) is 0 Å². The van der Waals surface area contributed by atoms with E-state index in [-0.39, 0.29) is 23.7 Å². The molecule has 2 unspecified atom stereocenters. The molecule has 1 heterocycles. The van der Waals surface area contributed by atoms with Gasteiger partial charge in [0.2, 0.25) is 6.41 Å². The van der Waals surface area contributed by atoms with Crippen LogP contribution in [-0.2, 0) is 19.1 Å². The zero-order chi connectivity index (χ0) is 15.3. The second kappa shape index (κ2) is 7.30. The van der Waals surface area contributed by atoms with Crippen molar-refractivity contribution in [2.75, 3.05) is 19.4 Å². The molecule has 1 aliphatic heterocycles. The Balaban J connectivity index is 3.08. The smallest absolute Gasteiger partial charge is 0.352 e. The molecule has 0 aliphatic carbocycles. The van der Waals surface area contributed by atoms with Crippen LogP contribution in [-0.4, -0.2) is 59.2 Å². The standard InChI is InChI=1S/C12H18N2O5S/c1-7(13-3)11-14(6-15)10(12(17)18)9(5-20-11)4-19-8(2)16/h6-7,11,13H,4-5H2,1-3H3,(H,17,18). The van der Waals surface area contributed by atoms with Gasteiger partial charge in [-0.15, -0.1) is 11.8 Å². The van der Waals surface area contributed by atoms with Crippen LogP contribution in [0.4, 0.5) is 0 Å². The fourth-order valence-electron chi connectivity index (χ4n) is 1.85. The summed E-state index contributed by atoms with van der Waals surface area (Å²) in [6.45, 7) is 3.00. The van der Waals surface area contributed by atoms with E-state index in [9.17, 15) is 19.5 Å². The number of likely N-dealkylation sites (N-methyl/N-ethyl adjacent to an activating group) is 1. The Morgan fingerprint density at radius 2 is 2.30 bits per heavy atom. The van der Waals surface area contributed by atoms with Gasteiger partial charge in [-0.25, -0.2) is 4.79 Å². The van der Waals surface area contributed by atoms with Gasteiger partial charge in [-0.3, -0.25) is 14.5 Å². The monoisotopic (exact) mass is 302 g/mol. The van der Waals surface area contributed by atoms with Gasteiger partial charge in [-0.2, -0.15) is 0 Å². The molecule has 1 amide bonds. The molecule has 1 rings (SSSR count). The molecule has 0 saturated heterocycles. The third-order valence-electron chi connectivity index (χ3n) is 2.94. The third-order valence-corrected chi connectivity index (χ3v) is 4.44. The van der Waals surface area contributed by atoms with Crippen LogP contribution in [0.2, 0.25) is 0 Å². The zero-order valence-electron chi connectivity index (χ0n) is 11.6. The van der Waals surface area contributed by atoms with Crippen molar-refractivity contribution < 1.29 is 24.2 Å². The van der Waals surface area contributed by atoms with E-state index in [1.165, 1.54) is 23.6 Å². The molecule has 0 radical (unpaired) electrons. The van der Waals surface area contributed by atoms with E-state index in [0.29, 0.717) is 17.7 Å². The summed E-state index contributed by atoms with van der Waals surface area (Å²) >= 11 is 1.43. The molecule has 112 valence electrons. The normalized spacial score (nSPS) is 20.6. The molecule has 2 atom stereocenters. The van der Waals surface area contributed by atoms with Gasteiger partial charge in [-0.05, 0) is 14.0 Å². The Labute approximate surface area is 121 Å². The summed E-state index contributed by atoms with van der Waals surface area (Å²) in [5.41, 5.74) is 0.316. The quantitative estimate of drug-likeness (QED) is 0.528. The van der Waals surface area contributed by atoms with E-state index in [1.807, 2.05) is 6.92 Å². The van der Waals surface area contributed by atoms with Crippen LogP contribution in [0.5, 0.6) is 0 Å². The van der Waals surface area contributed by atoms with Crippen LogP contribution in [0, 0.1) is 0 Å². The number of nitrogens with one attached hydrogen (secondary N) is 1. The molecular formula is C12H18N2O5S. The first-order valence-corrected chi connectivity index (χ1v) is 7.08. The van der Waals surface area contributed by atoms with Gasteiger partial charge in [0.1, 0.15) is 12.3 Å². The van der Waals surface area contributed by atoms with Crippen molar-refractivity contribution in [2.45, 2.75) is 25.3 Å². The lowest BCUT2D eigenvalue weighted by molar-refractivity contribution is -0.141. The van der Waals surface area contributed by atoms with E-state index in [0.717, 1.165) is 0 Å². The van der Waals surface area contributed by atoms with Crippen molar-refractivity contribution in [3.63, 3.8) is 0 Å². The van der Waals surface area contributed by atoms with Crippen molar-refractivity contribution in [3.8, 4) is 0 Å². The minimum absolute atomic E-state index is 0.0742. The highest BCUT2D eigenvalue weighted by molar-refractivity contribution is 8.00. The number of hydrogen-bond acceptors (Lipinski definition) is 6. The van der Waals surface area contributed by atoms with Gasteiger partial charge in [0, 0.05) is 24.3 Å². The van der Waals surface area contributed by atoms with Crippen LogP contribution in [0.25, 0.3) is 0 Å². The van der Waals surface area contributed by atoms with Crippen molar-refractivity contribution in [1.82, 2.24) is 10.2 Å². The molecule has 0 fully saturated rings. The zero-order valence-corrected chi connectivity index (χ0v) is 12.4. The van der Waals surface area contributed by atoms with Gasteiger partial charge >= 0.3 is 11.9 Å². The molecule has 0 spiro atoms. The number of amides is 1. The average Bonchev–Trinajstić information content (AvgIpc) is 2.42. The number of carboxylic acid groups (broad SMARTS) is 1.